The summed E-state index contributed by atoms with van der Waals surface area (Å²) >= 11 is 0. The summed E-state index contributed by atoms with van der Waals surface area (Å²) in [5.41, 5.74) is 0. The molecule has 1 rings (SSSR count). The van der Waals surface area contributed by atoms with Crippen LogP contribution >= 0.6 is 0 Å². The van der Waals surface area contributed by atoms with Crippen molar-refractivity contribution >= 4 is 0 Å². The summed E-state index contributed by atoms with van der Waals surface area (Å²) in [4.78, 5) is 0. The Morgan fingerprint density at radius 1 is 0.542 bits per heavy atom. The lowest BCUT2D eigenvalue weighted by atomic mass is 10.0. The molecule has 1 heterocycles. The summed E-state index contributed by atoms with van der Waals surface area (Å²) in [7, 11) is 1.00. The molecule has 0 saturated carbocycles. The van der Waals surface area contributed by atoms with E-state index in [2.05, 4.69) is 42.1 Å². The van der Waals surface area contributed by atoms with Gasteiger partial charge in [-0.2, -0.15) is 0 Å². The van der Waals surface area contributed by atoms with Crippen LogP contribution in [0, 0.1) is 0 Å². The minimum absolute atomic E-state index is 1.00. The van der Waals surface area contributed by atoms with Gasteiger partial charge in [-0.15, -0.1) is 0 Å². The molecule has 0 fully saturated rings. The van der Waals surface area contributed by atoms with Crippen LogP contribution in [0.15, 0.2) is 30.6 Å². The van der Waals surface area contributed by atoms with Crippen LogP contribution in [-0.2, 0) is 6.54 Å². The lowest BCUT2D eigenvalue weighted by Gasteiger charge is -2.02. The minimum Gasteiger partial charge on any atom is -0.400 e. The van der Waals surface area contributed by atoms with Gasteiger partial charge in [-0.05, 0) is 6.42 Å². The zero-order chi connectivity index (χ0) is 17.7. The zero-order valence-electron chi connectivity index (χ0n) is 16.4. The second-order valence-corrected chi connectivity index (χ2v) is 6.71. The molecule has 2 nitrogen and oxygen atoms in total. The molecule has 0 bridgehead atoms. The third-order valence-electron chi connectivity index (χ3n) is 4.55. The monoisotopic (exact) mass is 336 g/mol. The highest BCUT2D eigenvalue weighted by Gasteiger charge is 1.98. The van der Waals surface area contributed by atoms with Crippen molar-refractivity contribution in [3.63, 3.8) is 0 Å². The van der Waals surface area contributed by atoms with Gasteiger partial charge in [-0.3, -0.25) is 0 Å². The van der Waals surface area contributed by atoms with E-state index in [9.17, 15) is 0 Å². The first-order valence-electron chi connectivity index (χ1n) is 10.3. The molecular formula is C22H42NO+. The van der Waals surface area contributed by atoms with Gasteiger partial charge in [0, 0.05) is 25.7 Å². The number of aromatic nitrogens is 1. The maximum atomic E-state index is 7.00. The number of aliphatic hydroxyl groups excluding tert-OH is 1. The van der Waals surface area contributed by atoms with E-state index in [1.54, 1.807) is 0 Å². The largest absolute Gasteiger partial charge is 0.400 e. The van der Waals surface area contributed by atoms with Gasteiger partial charge >= 0.3 is 0 Å². The quantitative estimate of drug-likeness (QED) is 0.305. The summed E-state index contributed by atoms with van der Waals surface area (Å²) in [5.74, 6) is 0. The molecule has 140 valence electrons. The lowest BCUT2D eigenvalue weighted by Crippen LogP contribution is -2.32. The molecule has 24 heavy (non-hydrogen) atoms. The van der Waals surface area contributed by atoms with E-state index in [0.29, 0.717) is 0 Å². The predicted molar refractivity (Wildman–Crippen MR) is 105 cm³/mol. The van der Waals surface area contributed by atoms with Gasteiger partial charge in [-0.25, -0.2) is 4.57 Å². The van der Waals surface area contributed by atoms with Gasteiger partial charge in [0.05, 0.1) is 0 Å². The molecule has 0 amide bonds. The molecular weight excluding hydrogens is 294 g/mol. The molecule has 0 atom stereocenters. The number of hydrogen-bond acceptors (Lipinski definition) is 1. The van der Waals surface area contributed by atoms with Crippen molar-refractivity contribution in [2.45, 2.75) is 103 Å². The number of pyridine rings is 1. The van der Waals surface area contributed by atoms with Crippen LogP contribution in [0.1, 0.15) is 96.8 Å². The summed E-state index contributed by atoms with van der Waals surface area (Å²) in [6, 6.07) is 6.31. The molecule has 1 aromatic heterocycles. The van der Waals surface area contributed by atoms with E-state index in [1.807, 2.05) is 0 Å². The van der Waals surface area contributed by atoms with Gasteiger partial charge in [0.2, 0.25) is 0 Å². The minimum atomic E-state index is 1.00. The Hall–Kier alpha value is -0.890. The van der Waals surface area contributed by atoms with Crippen LogP contribution in [0.4, 0.5) is 0 Å². The fourth-order valence-corrected chi connectivity index (χ4v) is 3.07. The molecule has 0 aliphatic heterocycles. The average Bonchev–Trinajstić information content (AvgIpc) is 2.64. The molecule has 0 saturated heterocycles. The SMILES string of the molecule is CCCCCCCCCCCCCCCC[n+]1ccccc1.CO. The van der Waals surface area contributed by atoms with E-state index < -0.39 is 0 Å². The fourth-order valence-electron chi connectivity index (χ4n) is 3.07. The topological polar surface area (TPSA) is 24.1 Å². The Morgan fingerprint density at radius 3 is 1.33 bits per heavy atom. The van der Waals surface area contributed by atoms with Crippen LogP contribution in [0.5, 0.6) is 0 Å². The zero-order valence-corrected chi connectivity index (χ0v) is 16.4. The molecule has 1 N–H and O–H groups in total. The maximum absolute atomic E-state index is 7.00. The molecule has 2 heteroatoms. The molecule has 0 spiro atoms. The molecule has 0 aliphatic carbocycles. The van der Waals surface area contributed by atoms with E-state index in [-0.39, 0.29) is 0 Å². The Bertz CT molecular complexity index is 326. The first-order chi connectivity index (χ1) is 11.9. The number of hydrogen-bond donors (Lipinski definition) is 1. The van der Waals surface area contributed by atoms with E-state index in [4.69, 9.17) is 5.11 Å². The number of rotatable bonds is 15. The van der Waals surface area contributed by atoms with Crippen molar-refractivity contribution in [2.24, 2.45) is 0 Å². The van der Waals surface area contributed by atoms with Crippen molar-refractivity contribution < 1.29 is 9.67 Å². The maximum Gasteiger partial charge on any atom is 0.168 e. The van der Waals surface area contributed by atoms with Gasteiger partial charge in [0.25, 0.3) is 0 Å². The number of aryl methyl sites for hydroxylation is 1. The first-order valence-corrected chi connectivity index (χ1v) is 10.3. The number of aliphatic hydroxyl groups is 1. The summed E-state index contributed by atoms with van der Waals surface area (Å²) in [5, 5.41) is 7.00. The van der Waals surface area contributed by atoms with Gasteiger partial charge in [0.1, 0.15) is 6.54 Å². The van der Waals surface area contributed by atoms with Crippen LogP contribution in [0.2, 0.25) is 0 Å². The molecule has 0 radical (unpaired) electrons. The normalized spacial score (nSPS) is 10.3. The Labute approximate surface area is 151 Å². The standard InChI is InChI=1S/C21H38N.CH4O/c1-2-3-4-5-6-7-8-9-10-11-12-13-14-16-19-22-20-17-15-18-21-22;1-2/h15,17-18,20-21H,2-14,16,19H2,1H3;2H,1H3/q+1;. The molecule has 0 aliphatic rings. The van der Waals surface area contributed by atoms with Crippen LogP contribution in [0.25, 0.3) is 0 Å². The van der Waals surface area contributed by atoms with E-state index >= 15 is 0 Å². The van der Waals surface area contributed by atoms with Crippen molar-refractivity contribution in [3.8, 4) is 0 Å². The van der Waals surface area contributed by atoms with Crippen LogP contribution in [0.3, 0.4) is 0 Å². The molecule has 1 aromatic rings. The van der Waals surface area contributed by atoms with Crippen molar-refractivity contribution in [3.05, 3.63) is 30.6 Å². The van der Waals surface area contributed by atoms with Gasteiger partial charge < -0.3 is 5.11 Å². The predicted octanol–water partition coefficient (Wildman–Crippen LogP) is 6.06. The molecule has 0 aromatic carbocycles. The fraction of sp³-hybridized carbons (Fsp3) is 0.773. The average molecular weight is 337 g/mol. The van der Waals surface area contributed by atoms with E-state index in [1.165, 1.54) is 96.4 Å². The Morgan fingerprint density at radius 2 is 0.917 bits per heavy atom. The molecule has 0 unspecified atom stereocenters. The summed E-state index contributed by atoms with van der Waals surface area (Å²) < 4.78 is 2.29. The van der Waals surface area contributed by atoms with Gasteiger partial charge in [-0.1, -0.05) is 90.0 Å². The number of nitrogens with zero attached hydrogens (tertiary/aromatic N) is 1. The number of unbranched alkanes of at least 4 members (excludes halogenated alkanes) is 13. The first kappa shape index (κ1) is 23.1. The van der Waals surface area contributed by atoms with E-state index in [0.717, 1.165) is 7.11 Å². The highest BCUT2D eigenvalue weighted by atomic mass is 16.2. The second-order valence-electron chi connectivity index (χ2n) is 6.71. The smallest absolute Gasteiger partial charge is 0.168 e. The van der Waals surface area contributed by atoms with Crippen molar-refractivity contribution in [1.82, 2.24) is 0 Å². The van der Waals surface area contributed by atoms with Crippen LogP contribution in [-0.4, -0.2) is 12.2 Å². The summed E-state index contributed by atoms with van der Waals surface area (Å²) in [6.07, 6.45) is 24.4. The third kappa shape index (κ3) is 16.0. The van der Waals surface area contributed by atoms with Crippen LogP contribution < -0.4 is 4.57 Å². The second kappa shape index (κ2) is 20.2. The Balaban J connectivity index is 0.00000254. The van der Waals surface area contributed by atoms with Gasteiger partial charge in [0.15, 0.2) is 12.4 Å². The Kier molecular flexibility index (Phi) is 19.4. The lowest BCUT2D eigenvalue weighted by molar-refractivity contribution is -0.697. The highest BCUT2D eigenvalue weighted by Crippen LogP contribution is 2.12. The van der Waals surface area contributed by atoms with Crippen molar-refractivity contribution in [2.75, 3.05) is 7.11 Å². The summed E-state index contributed by atoms with van der Waals surface area (Å²) in [6.45, 7) is 3.47. The highest BCUT2D eigenvalue weighted by molar-refractivity contribution is 4.83. The third-order valence-corrected chi connectivity index (χ3v) is 4.55. The van der Waals surface area contributed by atoms with Crippen molar-refractivity contribution in [1.29, 1.82) is 0 Å².